The summed E-state index contributed by atoms with van der Waals surface area (Å²) >= 11 is 0. The molecule has 0 bridgehead atoms. The van der Waals surface area contributed by atoms with Crippen LogP contribution >= 0.6 is 0 Å². The van der Waals surface area contributed by atoms with Gasteiger partial charge in [-0.2, -0.15) is 0 Å². The highest BCUT2D eigenvalue weighted by atomic mass is 16.2. The lowest BCUT2D eigenvalue weighted by atomic mass is 9.76. The first kappa shape index (κ1) is 15.7. The van der Waals surface area contributed by atoms with E-state index in [9.17, 15) is 9.59 Å². The predicted octanol–water partition coefficient (Wildman–Crippen LogP) is 3.57. The maximum atomic E-state index is 12.4. The van der Waals surface area contributed by atoms with Crippen molar-refractivity contribution in [1.29, 1.82) is 0 Å². The van der Waals surface area contributed by atoms with Crippen LogP contribution in [0.3, 0.4) is 0 Å². The van der Waals surface area contributed by atoms with Gasteiger partial charge in [0.2, 0.25) is 11.8 Å². The second kappa shape index (κ2) is 6.42. The second-order valence-corrected chi connectivity index (χ2v) is 6.61. The van der Waals surface area contributed by atoms with E-state index < -0.39 is 0 Å². The van der Waals surface area contributed by atoms with Gasteiger partial charge in [0.25, 0.3) is 0 Å². The van der Waals surface area contributed by atoms with Gasteiger partial charge in [-0.25, -0.2) is 0 Å². The van der Waals surface area contributed by atoms with Crippen molar-refractivity contribution < 1.29 is 9.59 Å². The Morgan fingerprint density at radius 3 is 2.24 bits per heavy atom. The molecule has 1 aromatic carbocycles. The van der Waals surface area contributed by atoms with Crippen LogP contribution in [0.4, 0.5) is 0 Å². The van der Waals surface area contributed by atoms with Crippen molar-refractivity contribution >= 4 is 11.8 Å². The van der Waals surface area contributed by atoms with Crippen molar-refractivity contribution in [3.8, 4) is 0 Å². The Hall–Kier alpha value is -1.64. The minimum Gasteiger partial charge on any atom is -0.279 e. The molecule has 0 aromatic heterocycles. The molecule has 1 aliphatic rings. The average molecular weight is 287 g/mol. The van der Waals surface area contributed by atoms with Crippen LogP contribution < -0.4 is 0 Å². The smallest absolute Gasteiger partial charge is 0.229 e. The van der Waals surface area contributed by atoms with Gasteiger partial charge in [0.05, 0.1) is 0 Å². The number of likely N-dealkylation sites (tertiary alicyclic amines) is 1. The van der Waals surface area contributed by atoms with Crippen LogP contribution in [0.2, 0.25) is 0 Å². The molecular weight excluding hydrogens is 262 g/mol. The van der Waals surface area contributed by atoms with Crippen molar-refractivity contribution in [3.63, 3.8) is 0 Å². The van der Waals surface area contributed by atoms with Crippen molar-refractivity contribution in [2.45, 2.75) is 58.9 Å². The Kier molecular flexibility index (Phi) is 4.81. The summed E-state index contributed by atoms with van der Waals surface area (Å²) in [6.07, 6.45) is 3.66. The quantitative estimate of drug-likeness (QED) is 0.776. The predicted molar refractivity (Wildman–Crippen MR) is 83.7 cm³/mol. The van der Waals surface area contributed by atoms with Gasteiger partial charge in [0.1, 0.15) is 0 Å². The van der Waals surface area contributed by atoms with Gasteiger partial charge in [-0.1, -0.05) is 50.6 Å². The van der Waals surface area contributed by atoms with Gasteiger partial charge in [-0.05, 0) is 30.7 Å². The minimum absolute atomic E-state index is 0.00867. The van der Waals surface area contributed by atoms with Crippen LogP contribution in [0.1, 0.15) is 52.0 Å². The monoisotopic (exact) mass is 287 g/mol. The molecule has 3 heteroatoms. The number of imide groups is 1. The van der Waals surface area contributed by atoms with Crippen LogP contribution in [0.5, 0.6) is 0 Å². The number of carbonyl (C=O) groups is 2. The molecule has 3 nitrogen and oxygen atoms in total. The third kappa shape index (κ3) is 3.72. The molecule has 1 heterocycles. The van der Waals surface area contributed by atoms with E-state index in [2.05, 4.69) is 13.8 Å². The van der Waals surface area contributed by atoms with Gasteiger partial charge >= 0.3 is 0 Å². The largest absolute Gasteiger partial charge is 0.279 e. The first-order valence-electron chi connectivity index (χ1n) is 7.84. The standard InChI is InChI=1S/C18H25NO2/c1-4-10-18(3)12-16(20)19(17(21)13-18)14(2)11-15-8-6-5-7-9-15/h5-9,14H,4,10-13H2,1-3H3/t14-/m1/s1. The van der Waals surface area contributed by atoms with Gasteiger partial charge in [0.15, 0.2) is 0 Å². The number of piperidine rings is 1. The molecule has 0 spiro atoms. The van der Waals surface area contributed by atoms with Crippen molar-refractivity contribution in [2.24, 2.45) is 5.41 Å². The molecule has 1 aliphatic heterocycles. The van der Waals surface area contributed by atoms with Crippen LogP contribution in [-0.4, -0.2) is 22.8 Å². The van der Waals surface area contributed by atoms with E-state index in [0.717, 1.165) is 24.8 Å². The molecule has 114 valence electrons. The number of rotatable bonds is 5. The zero-order valence-corrected chi connectivity index (χ0v) is 13.3. The summed E-state index contributed by atoms with van der Waals surface area (Å²) < 4.78 is 0. The average Bonchev–Trinajstić information content (AvgIpc) is 2.38. The minimum atomic E-state index is -0.147. The van der Waals surface area contributed by atoms with Crippen molar-refractivity contribution in [3.05, 3.63) is 35.9 Å². The van der Waals surface area contributed by atoms with Crippen LogP contribution in [0.15, 0.2) is 30.3 Å². The highest BCUT2D eigenvalue weighted by molar-refractivity contribution is 5.98. The first-order chi connectivity index (χ1) is 9.95. The van der Waals surface area contributed by atoms with E-state index in [1.165, 1.54) is 4.90 Å². The third-order valence-corrected chi connectivity index (χ3v) is 4.36. The molecule has 0 aliphatic carbocycles. The number of hydrogen-bond acceptors (Lipinski definition) is 2. The van der Waals surface area contributed by atoms with Gasteiger partial charge in [-0.3, -0.25) is 14.5 Å². The van der Waals surface area contributed by atoms with E-state index >= 15 is 0 Å². The molecule has 2 amide bonds. The number of hydrogen-bond donors (Lipinski definition) is 0. The summed E-state index contributed by atoms with van der Waals surface area (Å²) in [4.78, 5) is 26.4. The molecule has 1 saturated heterocycles. The van der Waals surface area contributed by atoms with E-state index in [-0.39, 0.29) is 23.3 Å². The molecule has 0 unspecified atom stereocenters. The lowest BCUT2D eigenvalue weighted by Gasteiger charge is -2.40. The topological polar surface area (TPSA) is 37.4 Å². The van der Waals surface area contributed by atoms with E-state index in [1.807, 2.05) is 37.3 Å². The van der Waals surface area contributed by atoms with Gasteiger partial charge in [-0.15, -0.1) is 0 Å². The van der Waals surface area contributed by atoms with E-state index in [1.54, 1.807) is 0 Å². The number of benzene rings is 1. The van der Waals surface area contributed by atoms with Crippen molar-refractivity contribution in [1.82, 2.24) is 4.90 Å². The summed E-state index contributed by atoms with van der Waals surface area (Å²) in [5.74, 6) is -0.0173. The second-order valence-electron chi connectivity index (χ2n) is 6.61. The number of amides is 2. The maximum Gasteiger partial charge on any atom is 0.229 e. The highest BCUT2D eigenvalue weighted by Crippen LogP contribution is 2.37. The maximum absolute atomic E-state index is 12.4. The molecule has 0 saturated carbocycles. The Morgan fingerprint density at radius 1 is 1.14 bits per heavy atom. The molecular formula is C18H25NO2. The zero-order valence-electron chi connectivity index (χ0n) is 13.3. The molecule has 1 fully saturated rings. The molecule has 0 radical (unpaired) electrons. The lowest BCUT2D eigenvalue weighted by Crippen LogP contribution is -2.51. The Labute approximate surface area is 127 Å². The Morgan fingerprint density at radius 2 is 1.71 bits per heavy atom. The summed E-state index contributed by atoms with van der Waals surface area (Å²) in [7, 11) is 0. The Balaban J connectivity index is 2.07. The number of nitrogens with zero attached hydrogens (tertiary/aromatic N) is 1. The highest BCUT2D eigenvalue weighted by Gasteiger charge is 2.41. The summed E-state index contributed by atoms with van der Waals surface area (Å²) in [5, 5.41) is 0. The summed E-state index contributed by atoms with van der Waals surface area (Å²) in [6.45, 7) is 6.13. The van der Waals surface area contributed by atoms with Crippen LogP contribution in [-0.2, 0) is 16.0 Å². The fourth-order valence-electron chi connectivity index (χ4n) is 3.42. The van der Waals surface area contributed by atoms with Crippen molar-refractivity contribution in [2.75, 3.05) is 0 Å². The SMILES string of the molecule is CCCC1(C)CC(=O)N([C@H](C)Cc2ccccc2)C(=O)C1. The molecule has 1 atom stereocenters. The fraction of sp³-hybridized carbons (Fsp3) is 0.556. The molecule has 1 aromatic rings. The lowest BCUT2D eigenvalue weighted by molar-refractivity contribution is -0.155. The molecule has 0 N–H and O–H groups in total. The van der Waals surface area contributed by atoms with Gasteiger partial charge < -0.3 is 0 Å². The fourth-order valence-corrected chi connectivity index (χ4v) is 3.42. The summed E-state index contributed by atoms with van der Waals surface area (Å²) in [6, 6.07) is 9.95. The zero-order chi connectivity index (χ0) is 15.5. The normalized spacial score (nSPS) is 19.7. The number of carbonyl (C=O) groups excluding carboxylic acids is 2. The van der Waals surface area contributed by atoms with E-state index in [4.69, 9.17) is 0 Å². The Bertz CT molecular complexity index is 491. The third-order valence-electron chi connectivity index (χ3n) is 4.36. The molecule has 21 heavy (non-hydrogen) atoms. The van der Waals surface area contributed by atoms with Crippen LogP contribution in [0.25, 0.3) is 0 Å². The van der Waals surface area contributed by atoms with Crippen LogP contribution in [0, 0.1) is 5.41 Å². The first-order valence-corrected chi connectivity index (χ1v) is 7.84. The van der Waals surface area contributed by atoms with Gasteiger partial charge in [0, 0.05) is 18.9 Å². The molecule has 2 rings (SSSR count). The summed E-state index contributed by atoms with van der Waals surface area (Å²) in [5.41, 5.74) is 1.01. The van der Waals surface area contributed by atoms with E-state index in [0.29, 0.717) is 12.8 Å².